The van der Waals surface area contributed by atoms with Gasteiger partial charge in [-0.15, -0.1) is 11.8 Å². The summed E-state index contributed by atoms with van der Waals surface area (Å²) < 4.78 is 1.04. The van der Waals surface area contributed by atoms with Crippen LogP contribution in [-0.2, 0) is 0 Å². The van der Waals surface area contributed by atoms with E-state index in [0.717, 1.165) is 11.0 Å². The molecule has 1 fully saturated rings. The van der Waals surface area contributed by atoms with Crippen molar-refractivity contribution in [3.63, 3.8) is 0 Å². The van der Waals surface area contributed by atoms with E-state index in [2.05, 4.69) is 73.6 Å². The maximum absolute atomic E-state index is 4.04. The van der Waals surface area contributed by atoms with Crippen LogP contribution in [0.2, 0.25) is 0 Å². The third-order valence-electron chi connectivity index (χ3n) is 5.54. The Bertz CT molecular complexity index is 796. The lowest BCUT2D eigenvalue weighted by Crippen LogP contribution is -3.00. The maximum atomic E-state index is 4.04. The van der Waals surface area contributed by atoms with Crippen molar-refractivity contribution in [2.45, 2.75) is 23.8 Å². The van der Waals surface area contributed by atoms with Gasteiger partial charge in [-0.1, -0.05) is 43.0 Å². The molecule has 0 saturated carbocycles. The van der Waals surface area contributed by atoms with Crippen LogP contribution < -0.4 is 17.0 Å². The first-order valence-electron chi connectivity index (χ1n) is 8.71. The second-order valence-electron chi connectivity index (χ2n) is 6.81. The molecule has 2 heterocycles. The predicted octanol–water partition coefficient (Wildman–Crippen LogP) is 2.65. The van der Waals surface area contributed by atoms with Crippen LogP contribution in [0.5, 0.6) is 0 Å². The van der Waals surface area contributed by atoms with Crippen molar-refractivity contribution >= 4 is 17.3 Å². The second-order valence-corrected chi connectivity index (χ2v) is 7.69. The number of nitrogens with zero attached hydrogens (tertiary/aromatic N) is 1. The van der Waals surface area contributed by atoms with Gasteiger partial charge < -0.3 is 17.0 Å². The molecule has 0 unspecified atom stereocenters. The minimum atomic E-state index is 0. The first-order chi connectivity index (χ1) is 11.8. The highest BCUT2D eigenvalue weighted by molar-refractivity contribution is 7.98. The van der Waals surface area contributed by atoms with E-state index in [-0.39, 0.29) is 17.0 Å². The minimum absolute atomic E-state index is 0. The van der Waals surface area contributed by atoms with Crippen molar-refractivity contribution in [2.24, 2.45) is 0 Å². The number of halogens is 1. The molecular weight excluding hydrogens is 390 g/mol. The highest BCUT2D eigenvalue weighted by atomic mass is 79.9. The van der Waals surface area contributed by atoms with E-state index in [1.807, 2.05) is 0 Å². The Morgan fingerprint density at radius 3 is 2.64 bits per heavy atom. The fraction of sp³-hybridized carbons (Fsp3) is 0.273. The first-order valence-corrected chi connectivity index (χ1v) is 9.94. The molecule has 2 aliphatic heterocycles. The van der Waals surface area contributed by atoms with E-state index in [1.165, 1.54) is 46.5 Å². The smallest absolute Gasteiger partial charge is 0.120 e. The number of fused-ring (bicyclic) bond motifs is 3. The van der Waals surface area contributed by atoms with Gasteiger partial charge in [0.05, 0.1) is 6.54 Å². The standard InChI is InChI=1S/C22H24NS.BrH/c1-3-14-23-15-6-9-22(23)20-8-5-4-7-19(20)21(16-23)17-10-12-18(24-2)13-11-17;/h3-5,7-8,10-13,16,22H,1,6,9,14-15H2,2H3;1H/q+1;/p-1/t22-,23+;/m1./s1. The number of hydrogen-bond donors (Lipinski definition) is 0. The van der Waals surface area contributed by atoms with Crippen LogP contribution in [0.15, 0.2) is 72.3 Å². The average Bonchev–Trinajstić information content (AvgIpc) is 3.05. The Morgan fingerprint density at radius 2 is 1.92 bits per heavy atom. The van der Waals surface area contributed by atoms with Gasteiger partial charge in [-0.05, 0) is 35.6 Å². The van der Waals surface area contributed by atoms with Crippen molar-refractivity contribution in [2.75, 3.05) is 19.3 Å². The van der Waals surface area contributed by atoms with Crippen LogP contribution in [0.25, 0.3) is 5.57 Å². The van der Waals surface area contributed by atoms with E-state index in [0.29, 0.717) is 6.04 Å². The molecule has 4 rings (SSSR count). The molecule has 0 aliphatic carbocycles. The van der Waals surface area contributed by atoms with Gasteiger partial charge in [0.15, 0.2) is 0 Å². The predicted molar refractivity (Wildman–Crippen MR) is 104 cm³/mol. The molecular formula is C22H24BrNS. The van der Waals surface area contributed by atoms with Gasteiger partial charge in [0.25, 0.3) is 0 Å². The summed E-state index contributed by atoms with van der Waals surface area (Å²) in [6.45, 7) is 6.28. The van der Waals surface area contributed by atoms with Gasteiger partial charge in [-0.2, -0.15) is 0 Å². The highest BCUT2D eigenvalue weighted by Crippen LogP contribution is 2.48. The summed E-state index contributed by atoms with van der Waals surface area (Å²) in [5.74, 6) is 0. The average molecular weight is 414 g/mol. The zero-order valence-corrected chi connectivity index (χ0v) is 17.0. The summed E-state index contributed by atoms with van der Waals surface area (Å²) in [6, 6.07) is 18.6. The lowest BCUT2D eigenvalue weighted by molar-refractivity contribution is -0.891. The Hall–Kier alpha value is -1.29. The van der Waals surface area contributed by atoms with E-state index in [9.17, 15) is 0 Å². The highest BCUT2D eigenvalue weighted by Gasteiger charge is 2.45. The number of benzene rings is 2. The number of rotatable bonds is 4. The van der Waals surface area contributed by atoms with Crippen molar-refractivity contribution in [1.29, 1.82) is 0 Å². The molecule has 0 bridgehead atoms. The molecule has 2 atom stereocenters. The monoisotopic (exact) mass is 413 g/mol. The number of hydrogen-bond acceptors (Lipinski definition) is 1. The maximum Gasteiger partial charge on any atom is 0.120 e. The van der Waals surface area contributed by atoms with Crippen molar-refractivity contribution in [3.8, 4) is 0 Å². The van der Waals surface area contributed by atoms with Crippen molar-refractivity contribution in [1.82, 2.24) is 0 Å². The van der Waals surface area contributed by atoms with E-state index >= 15 is 0 Å². The molecule has 130 valence electrons. The van der Waals surface area contributed by atoms with E-state index in [4.69, 9.17) is 0 Å². The van der Waals surface area contributed by atoms with Gasteiger partial charge in [-0.3, -0.25) is 4.48 Å². The van der Waals surface area contributed by atoms with Gasteiger partial charge in [0.1, 0.15) is 18.8 Å². The summed E-state index contributed by atoms with van der Waals surface area (Å²) in [5, 5.41) is 0. The Labute approximate surface area is 165 Å². The minimum Gasteiger partial charge on any atom is -1.00 e. The van der Waals surface area contributed by atoms with Gasteiger partial charge in [0.2, 0.25) is 0 Å². The molecule has 1 nitrogen and oxygen atoms in total. The zero-order chi connectivity index (χ0) is 16.6. The van der Waals surface area contributed by atoms with Gasteiger partial charge in [-0.25, -0.2) is 0 Å². The fourth-order valence-electron chi connectivity index (χ4n) is 4.45. The SMILES string of the molecule is C=CC[N@+]12C=C(c3ccc(SC)cc3)c3ccccc3[C@H]1CCC2.[Br-]. The molecule has 2 aromatic carbocycles. The normalized spacial score (nSPS) is 23.9. The van der Waals surface area contributed by atoms with E-state index < -0.39 is 0 Å². The number of thioether (sulfide) groups is 1. The van der Waals surface area contributed by atoms with Crippen LogP contribution >= 0.6 is 11.8 Å². The third-order valence-corrected chi connectivity index (χ3v) is 6.28. The summed E-state index contributed by atoms with van der Waals surface area (Å²) in [6.07, 6.45) is 9.32. The van der Waals surface area contributed by atoms with Crippen LogP contribution in [0, 0.1) is 0 Å². The summed E-state index contributed by atoms with van der Waals surface area (Å²) >= 11 is 1.80. The Kier molecular flexibility index (Phi) is 5.57. The van der Waals surface area contributed by atoms with Crippen LogP contribution in [-0.4, -0.2) is 23.8 Å². The van der Waals surface area contributed by atoms with Crippen LogP contribution in [0.1, 0.15) is 35.6 Å². The molecule has 0 radical (unpaired) electrons. The lowest BCUT2D eigenvalue weighted by Gasteiger charge is -2.41. The summed E-state index contributed by atoms with van der Waals surface area (Å²) in [4.78, 5) is 1.32. The molecule has 0 N–H and O–H groups in total. The first kappa shape index (κ1) is 18.5. The summed E-state index contributed by atoms with van der Waals surface area (Å²) in [5.41, 5.74) is 5.65. The molecule has 0 amide bonds. The van der Waals surface area contributed by atoms with Gasteiger partial charge in [0, 0.05) is 28.9 Å². The molecule has 3 heteroatoms. The molecule has 2 aliphatic rings. The van der Waals surface area contributed by atoms with Crippen molar-refractivity contribution < 1.29 is 21.5 Å². The second kappa shape index (κ2) is 7.53. The molecule has 1 saturated heterocycles. The fourth-order valence-corrected chi connectivity index (χ4v) is 4.86. The van der Waals surface area contributed by atoms with Crippen LogP contribution in [0.4, 0.5) is 0 Å². The zero-order valence-electron chi connectivity index (χ0n) is 14.6. The molecule has 25 heavy (non-hydrogen) atoms. The molecule has 0 aromatic heterocycles. The molecule has 2 aromatic rings. The quantitative estimate of drug-likeness (QED) is 0.421. The Morgan fingerprint density at radius 1 is 1.16 bits per heavy atom. The Balaban J connectivity index is 0.00000182. The largest absolute Gasteiger partial charge is 1.00 e. The summed E-state index contributed by atoms with van der Waals surface area (Å²) in [7, 11) is 0. The third kappa shape index (κ3) is 3.14. The van der Waals surface area contributed by atoms with Crippen LogP contribution in [0.3, 0.4) is 0 Å². The number of quaternary nitrogens is 1. The van der Waals surface area contributed by atoms with Gasteiger partial charge >= 0.3 is 0 Å². The van der Waals surface area contributed by atoms with Crippen molar-refractivity contribution in [3.05, 3.63) is 84.1 Å². The lowest BCUT2D eigenvalue weighted by atomic mass is 9.86. The van der Waals surface area contributed by atoms with E-state index in [1.54, 1.807) is 11.8 Å². The topological polar surface area (TPSA) is 0 Å². The molecule has 0 spiro atoms.